The monoisotopic (exact) mass is 435 g/mol. The Kier molecular flexibility index (Phi) is 6.90. The predicted molar refractivity (Wildman–Crippen MR) is 123 cm³/mol. The van der Waals surface area contributed by atoms with Crippen molar-refractivity contribution in [1.82, 2.24) is 4.90 Å². The quantitative estimate of drug-likeness (QED) is 0.422. The van der Waals surface area contributed by atoms with Gasteiger partial charge in [0.25, 0.3) is 5.91 Å². The molecule has 1 aliphatic rings. The first-order valence-corrected chi connectivity index (χ1v) is 11.2. The topological polar surface area (TPSA) is 69.0 Å². The number of nitrogens with zero attached hydrogens (tertiary/aromatic N) is 1. The number of carbonyl (C=O) groups excluding carboxylic acids is 1. The van der Waals surface area contributed by atoms with Crippen LogP contribution in [0.3, 0.4) is 0 Å². The Hall–Kier alpha value is -3.12. The normalized spacial score (nSPS) is 15.4. The molecular formula is C26H29NO5. The number of ether oxygens (including phenoxy) is 2. The number of rotatable bonds is 10. The highest BCUT2D eigenvalue weighted by molar-refractivity contribution is 5.99. The van der Waals surface area contributed by atoms with Gasteiger partial charge in [-0.25, -0.2) is 0 Å². The summed E-state index contributed by atoms with van der Waals surface area (Å²) in [5.74, 6) is 0.658. The van der Waals surface area contributed by atoms with Crippen LogP contribution in [0.1, 0.15) is 60.3 Å². The van der Waals surface area contributed by atoms with E-state index < -0.39 is 6.04 Å². The summed E-state index contributed by atoms with van der Waals surface area (Å²) in [6.45, 7) is 3.83. The van der Waals surface area contributed by atoms with Gasteiger partial charge in [-0.1, -0.05) is 44.0 Å². The van der Waals surface area contributed by atoms with Crippen LogP contribution in [0.5, 0.6) is 5.75 Å². The average Bonchev–Trinajstić information content (AvgIpc) is 3.09. The molecule has 2 heterocycles. The van der Waals surface area contributed by atoms with Gasteiger partial charge in [0.15, 0.2) is 5.43 Å². The van der Waals surface area contributed by atoms with Crippen LogP contribution < -0.4 is 10.2 Å². The van der Waals surface area contributed by atoms with Crippen molar-refractivity contribution in [2.45, 2.75) is 38.6 Å². The molecule has 0 spiro atoms. The molecule has 0 saturated carbocycles. The van der Waals surface area contributed by atoms with Gasteiger partial charge in [-0.15, -0.1) is 0 Å². The number of hydrogen-bond donors (Lipinski definition) is 0. The van der Waals surface area contributed by atoms with Gasteiger partial charge >= 0.3 is 0 Å². The van der Waals surface area contributed by atoms with Gasteiger partial charge in [-0.05, 0) is 42.7 Å². The third kappa shape index (κ3) is 4.28. The minimum atomic E-state index is -0.496. The van der Waals surface area contributed by atoms with E-state index in [9.17, 15) is 9.59 Å². The first kappa shape index (κ1) is 22.1. The second-order valence-corrected chi connectivity index (χ2v) is 8.04. The van der Waals surface area contributed by atoms with Crippen LogP contribution in [0.15, 0.2) is 57.7 Å². The van der Waals surface area contributed by atoms with E-state index in [1.54, 1.807) is 36.3 Å². The second-order valence-electron chi connectivity index (χ2n) is 8.04. The molecule has 168 valence electrons. The lowest BCUT2D eigenvalue weighted by Gasteiger charge is -2.25. The van der Waals surface area contributed by atoms with Gasteiger partial charge in [0.05, 0.1) is 23.6 Å². The lowest BCUT2D eigenvalue weighted by molar-refractivity contribution is 0.0708. The molecule has 0 radical (unpaired) electrons. The van der Waals surface area contributed by atoms with E-state index >= 15 is 0 Å². The molecule has 0 aliphatic carbocycles. The van der Waals surface area contributed by atoms with E-state index in [2.05, 4.69) is 6.92 Å². The molecule has 1 atom stereocenters. The molecule has 0 N–H and O–H groups in total. The fraction of sp³-hybridized carbons (Fsp3) is 0.385. The highest BCUT2D eigenvalue weighted by Crippen LogP contribution is 2.38. The van der Waals surface area contributed by atoms with Crippen LogP contribution in [0.25, 0.3) is 11.0 Å². The Morgan fingerprint density at radius 3 is 2.50 bits per heavy atom. The Balaban J connectivity index is 1.70. The standard InChI is InChI=1S/C26H29NO5/c1-3-4-7-17-31-19-13-11-18(12-14-19)23-22-24(28)20-9-5-6-10-21(20)32-25(22)26(29)27(23)15-8-16-30-2/h5-6,9-14,23H,3-4,7-8,15-17H2,1-2H3. The maximum Gasteiger partial charge on any atom is 0.290 e. The minimum Gasteiger partial charge on any atom is -0.494 e. The van der Waals surface area contributed by atoms with Crippen LogP contribution in [-0.4, -0.2) is 37.7 Å². The summed E-state index contributed by atoms with van der Waals surface area (Å²) >= 11 is 0. The van der Waals surface area contributed by atoms with E-state index in [-0.39, 0.29) is 17.1 Å². The minimum absolute atomic E-state index is 0.135. The van der Waals surface area contributed by atoms with Crippen LogP contribution in [0, 0.1) is 0 Å². The zero-order valence-corrected chi connectivity index (χ0v) is 18.6. The molecule has 2 aromatic carbocycles. The SMILES string of the molecule is CCCCCOc1ccc(C2c3c(oc4ccccc4c3=O)C(=O)N2CCCOC)cc1. The highest BCUT2D eigenvalue weighted by atomic mass is 16.5. The van der Waals surface area contributed by atoms with Gasteiger partial charge in [0.1, 0.15) is 11.3 Å². The molecule has 1 unspecified atom stereocenters. The number of carbonyl (C=O) groups is 1. The molecule has 0 saturated heterocycles. The van der Waals surface area contributed by atoms with Crippen molar-refractivity contribution < 1.29 is 18.7 Å². The van der Waals surface area contributed by atoms with E-state index in [0.29, 0.717) is 42.7 Å². The summed E-state index contributed by atoms with van der Waals surface area (Å²) in [5.41, 5.74) is 1.54. The van der Waals surface area contributed by atoms with Crippen LogP contribution in [0.4, 0.5) is 0 Å². The zero-order chi connectivity index (χ0) is 22.5. The van der Waals surface area contributed by atoms with Crippen molar-refractivity contribution in [3.8, 4) is 5.75 Å². The summed E-state index contributed by atoms with van der Waals surface area (Å²) in [4.78, 5) is 28.4. The van der Waals surface area contributed by atoms with Gasteiger partial charge in [0, 0.05) is 20.3 Å². The van der Waals surface area contributed by atoms with Gasteiger partial charge in [0.2, 0.25) is 5.76 Å². The van der Waals surface area contributed by atoms with Gasteiger partial charge in [-0.3, -0.25) is 9.59 Å². The van der Waals surface area contributed by atoms with Crippen molar-refractivity contribution in [2.24, 2.45) is 0 Å². The molecular weight excluding hydrogens is 406 g/mol. The number of benzene rings is 2. The van der Waals surface area contributed by atoms with Crippen LogP contribution in [-0.2, 0) is 4.74 Å². The first-order valence-electron chi connectivity index (χ1n) is 11.2. The Bertz CT molecular complexity index is 1140. The zero-order valence-electron chi connectivity index (χ0n) is 18.6. The number of fused-ring (bicyclic) bond motifs is 2. The van der Waals surface area contributed by atoms with E-state index in [1.807, 2.05) is 24.3 Å². The molecule has 3 aromatic rings. The number of amides is 1. The maximum absolute atomic E-state index is 13.4. The molecule has 32 heavy (non-hydrogen) atoms. The van der Waals surface area contributed by atoms with E-state index in [0.717, 1.165) is 30.6 Å². The highest BCUT2D eigenvalue weighted by Gasteiger charge is 2.42. The number of hydrogen-bond acceptors (Lipinski definition) is 5. The molecule has 1 amide bonds. The van der Waals surface area contributed by atoms with Crippen LogP contribution >= 0.6 is 0 Å². The van der Waals surface area contributed by atoms with Crippen molar-refractivity contribution >= 4 is 16.9 Å². The smallest absolute Gasteiger partial charge is 0.290 e. The maximum atomic E-state index is 13.4. The molecule has 0 bridgehead atoms. The Labute approximate surface area is 187 Å². The lowest BCUT2D eigenvalue weighted by Crippen LogP contribution is -2.31. The number of methoxy groups -OCH3 is 1. The average molecular weight is 436 g/mol. The second kappa shape index (κ2) is 10.0. The summed E-state index contributed by atoms with van der Waals surface area (Å²) < 4.78 is 16.9. The van der Waals surface area contributed by atoms with E-state index in [4.69, 9.17) is 13.9 Å². The molecule has 6 nitrogen and oxygen atoms in total. The largest absolute Gasteiger partial charge is 0.494 e. The lowest BCUT2D eigenvalue weighted by atomic mass is 9.98. The van der Waals surface area contributed by atoms with Gasteiger partial charge in [-0.2, -0.15) is 0 Å². The Morgan fingerprint density at radius 1 is 0.969 bits per heavy atom. The third-order valence-electron chi connectivity index (χ3n) is 5.83. The van der Waals surface area contributed by atoms with Crippen LogP contribution in [0.2, 0.25) is 0 Å². The first-order chi connectivity index (χ1) is 15.7. The summed E-state index contributed by atoms with van der Waals surface area (Å²) in [5, 5.41) is 0.485. The van der Waals surface area contributed by atoms with Gasteiger partial charge < -0.3 is 18.8 Å². The number of unbranched alkanes of at least 4 members (excludes halogenated alkanes) is 2. The summed E-state index contributed by atoms with van der Waals surface area (Å²) in [6.07, 6.45) is 3.97. The summed E-state index contributed by atoms with van der Waals surface area (Å²) in [7, 11) is 1.63. The van der Waals surface area contributed by atoms with Crippen molar-refractivity contribution in [3.63, 3.8) is 0 Å². The summed E-state index contributed by atoms with van der Waals surface area (Å²) in [6, 6.07) is 14.2. The molecule has 1 aliphatic heterocycles. The molecule has 4 rings (SSSR count). The van der Waals surface area contributed by atoms with Crippen molar-refractivity contribution in [1.29, 1.82) is 0 Å². The third-order valence-corrected chi connectivity index (χ3v) is 5.83. The van der Waals surface area contributed by atoms with Crippen molar-refractivity contribution in [2.75, 3.05) is 26.9 Å². The van der Waals surface area contributed by atoms with E-state index in [1.165, 1.54) is 0 Å². The van der Waals surface area contributed by atoms with Crippen molar-refractivity contribution in [3.05, 3.63) is 75.6 Å². The Morgan fingerprint density at radius 2 is 1.75 bits per heavy atom. The molecule has 0 fully saturated rings. The predicted octanol–water partition coefficient (Wildman–Crippen LogP) is 4.94. The number of para-hydroxylation sites is 1. The molecule has 6 heteroatoms. The fourth-order valence-electron chi connectivity index (χ4n) is 4.21. The molecule has 1 aromatic heterocycles. The fourth-order valence-corrected chi connectivity index (χ4v) is 4.21.